The molecule has 1 aliphatic rings. The van der Waals surface area contributed by atoms with Gasteiger partial charge in [-0.2, -0.15) is 0 Å². The van der Waals surface area contributed by atoms with Crippen LogP contribution in [0, 0.1) is 11.8 Å². The van der Waals surface area contributed by atoms with Gasteiger partial charge in [-0.05, 0) is 30.7 Å². The van der Waals surface area contributed by atoms with Crippen molar-refractivity contribution in [3.63, 3.8) is 0 Å². The summed E-state index contributed by atoms with van der Waals surface area (Å²) in [7, 11) is 0. The number of hydrogen-bond acceptors (Lipinski definition) is 4. The van der Waals surface area contributed by atoms with Crippen molar-refractivity contribution < 1.29 is 19.1 Å². The second kappa shape index (κ2) is 5.69. The molecule has 1 aromatic heterocycles. The Bertz CT molecular complexity index is 485. The van der Waals surface area contributed by atoms with E-state index in [-0.39, 0.29) is 24.1 Å². The molecule has 0 saturated carbocycles. The largest absolute Gasteiger partial charge is 0.481 e. The third-order valence-electron chi connectivity index (χ3n) is 3.29. The van der Waals surface area contributed by atoms with Crippen LogP contribution >= 0.6 is 11.8 Å². The zero-order valence-corrected chi connectivity index (χ0v) is 11.8. The maximum Gasteiger partial charge on any atom is 0.308 e. The van der Waals surface area contributed by atoms with Gasteiger partial charge < -0.3 is 14.4 Å². The molecule has 1 saturated heterocycles. The van der Waals surface area contributed by atoms with Crippen LogP contribution < -0.4 is 0 Å². The van der Waals surface area contributed by atoms with Crippen molar-refractivity contribution in [2.45, 2.75) is 18.4 Å². The van der Waals surface area contributed by atoms with E-state index in [0.717, 1.165) is 0 Å². The van der Waals surface area contributed by atoms with E-state index in [4.69, 9.17) is 9.52 Å². The zero-order valence-electron chi connectivity index (χ0n) is 11.0. The van der Waals surface area contributed by atoms with Crippen LogP contribution in [0.25, 0.3) is 0 Å². The Morgan fingerprint density at radius 2 is 2.16 bits per heavy atom. The molecule has 0 aromatic carbocycles. The zero-order chi connectivity index (χ0) is 14.0. The molecule has 0 spiro atoms. The van der Waals surface area contributed by atoms with Crippen molar-refractivity contribution in [3.05, 3.63) is 17.9 Å². The number of amides is 1. The van der Waals surface area contributed by atoms with Gasteiger partial charge in [0.05, 0.1) is 5.92 Å². The summed E-state index contributed by atoms with van der Waals surface area (Å²) in [5.74, 6) is -1.08. The fourth-order valence-corrected chi connectivity index (χ4v) is 2.77. The van der Waals surface area contributed by atoms with Gasteiger partial charge in [0.2, 0.25) is 0 Å². The van der Waals surface area contributed by atoms with Gasteiger partial charge in [-0.1, -0.05) is 18.7 Å². The standard InChI is InChI=1S/C13H17NO4S/c1-8-5-9(13(16)17)7-14(6-8)12(15)10-3-4-11(18-10)19-2/h3-4,8-9H,5-7H2,1-2H3,(H,16,17). The highest BCUT2D eigenvalue weighted by Crippen LogP contribution is 2.25. The average Bonchev–Trinajstić information content (AvgIpc) is 2.85. The molecule has 2 atom stereocenters. The van der Waals surface area contributed by atoms with Crippen molar-refractivity contribution in [2.75, 3.05) is 19.3 Å². The molecule has 1 N–H and O–H groups in total. The van der Waals surface area contributed by atoms with Gasteiger partial charge in [0.1, 0.15) is 0 Å². The molecule has 1 aromatic rings. The van der Waals surface area contributed by atoms with E-state index in [1.807, 2.05) is 13.2 Å². The predicted octanol–water partition coefficient (Wildman–Crippen LogP) is 2.18. The molecule has 5 nitrogen and oxygen atoms in total. The minimum atomic E-state index is -0.839. The molecule has 0 bridgehead atoms. The fourth-order valence-electron chi connectivity index (χ4n) is 2.40. The van der Waals surface area contributed by atoms with Crippen LogP contribution in [0.3, 0.4) is 0 Å². The van der Waals surface area contributed by atoms with E-state index in [0.29, 0.717) is 18.1 Å². The van der Waals surface area contributed by atoms with E-state index < -0.39 is 11.9 Å². The first-order chi connectivity index (χ1) is 9.01. The normalized spacial score (nSPS) is 23.4. The van der Waals surface area contributed by atoms with Crippen molar-refractivity contribution in [1.29, 1.82) is 0 Å². The first-order valence-electron chi connectivity index (χ1n) is 6.17. The number of piperidine rings is 1. The highest BCUT2D eigenvalue weighted by Gasteiger charge is 2.33. The molecule has 0 aliphatic carbocycles. The van der Waals surface area contributed by atoms with Gasteiger partial charge in [-0.3, -0.25) is 9.59 Å². The summed E-state index contributed by atoms with van der Waals surface area (Å²) in [5, 5.41) is 9.79. The van der Waals surface area contributed by atoms with E-state index in [1.165, 1.54) is 11.8 Å². The van der Waals surface area contributed by atoms with Gasteiger partial charge in [0.15, 0.2) is 10.9 Å². The molecule has 1 amide bonds. The molecule has 2 rings (SSSR count). The lowest BCUT2D eigenvalue weighted by Gasteiger charge is -2.34. The minimum absolute atomic E-state index is 0.189. The van der Waals surface area contributed by atoms with Crippen LogP contribution in [0.4, 0.5) is 0 Å². The third kappa shape index (κ3) is 3.12. The molecule has 0 radical (unpaired) electrons. The molecular formula is C13H17NO4S. The molecule has 104 valence electrons. The highest BCUT2D eigenvalue weighted by atomic mass is 32.2. The monoisotopic (exact) mass is 283 g/mol. The first-order valence-corrected chi connectivity index (χ1v) is 7.39. The number of aliphatic carboxylic acids is 1. The van der Waals surface area contributed by atoms with Gasteiger partial charge in [0.25, 0.3) is 5.91 Å². The van der Waals surface area contributed by atoms with Crippen LogP contribution in [0.2, 0.25) is 0 Å². The van der Waals surface area contributed by atoms with Gasteiger partial charge >= 0.3 is 5.97 Å². The number of carbonyl (C=O) groups excluding carboxylic acids is 1. The maximum atomic E-state index is 12.3. The van der Waals surface area contributed by atoms with Crippen LogP contribution in [-0.4, -0.2) is 41.2 Å². The third-order valence-corrected chi connectivity index (χ3v) is 3.91. The summed E-state index contributed by atoms with van der Waals surface area (Å²) < 4.78 is 5.40. The van der Waals surface area contributed by atoms with Crippen molar-refractivity contribution in [3.8, 4) is 0 Å². The fraction of sp³-hybridized carbons (Fsp3) is 0.538. The highest BCUT2D eigenvalue weighted by molar-refractivity contribution is 7.98. The lowest BCUT2D eigenvalue weighted by Crippen LogP contribution is -2.45. The van der Waals surface area contributed by atoms with E-state index in [1.54, 1.807) is 17.0 Å². The Morgan fingerprint density at radius 1 is 1.42 bits per heavy atom. The summed E-state index contributed by atoms with van der Waals surface area (Å²) in [6.07, 6.45) is 2.49. The summed E-state index contributed by atoms with van der Waals surface area (Å²) in [6.45, 7) is 2.80. The molecule has 6 heteroatoms. The van der Waals surface area contributed by atoms with E-state index >= 15 is 0 Å². The Labute approximate surface area is 116 Å². The van der Waals surface area contributed by atoms with Crippen LogP contribution in [0.15, 0.2) is 21.6 Å². The predicted molar refractivity (Wildman–Crippen MR) is 71.3 cm³/mol. The van der Waals surface area contributed by atoms with Crippen LogP contribution in [0.5, 0.6) is 0 Å². The number of carboxylic acid groups (broad SMARTS) is 1. The summed E-state index contributed by atoms with van der Waals surface area (Å²) in [4.78, 5) is 24.9. The Kier molecular flexibility index (Phi) is 4.19. The van der Waals surface area contributed by atoms with Crippen LogP contribution in [0.1, 0.15) is 23.9 Å². The second-order valence-electron chi connectivity index (χ2n) is 4.91. The van der Waals surface area contributed by atoms with E-state index in [9.17, 15) is 9.59 Å². The Balaban J connectivity index is 2.11. The van der Waals surface area contributed by atoms with Crippen molar-refractivity contribution in [1.82, 2.24) is 4.90 Å². The number of carbonyl (C=O) groups is 2. The van der Waals surface area contributed by atoms with Gasteiger partial charge in [-0.25, -0.2) is 0 Å². The molecule has 1 aliphatic heterocycles. The van der Waals surface area contributed by atoms with Gasteiger partial charge in [-0.15, -0.1) is 0 Å². The smallest absolute Gasteiger partial charge is 0.308 e. The lowest BCUT2D eigenvalue weighted by molar-refractivity contribution is -0.143. The van der Waals surface area contributed by atoms with Gasteiger partial charge in [0, 0.05) is 13.1 Å². The van der Waals surface area contributed by atoms with Crippen molar-refractivity contribution >= 4 is 23.6 Å². The Hall–Kier alpha value is -1.43. The average molecular weight is 283 g/mol. The topological polar surface area (TPSA) is 70.8 Å². The summed E-state index contributed by atoms with van der Waals surface area (Å²) >= 11 is 1.43. The number of nitrogens with zero attached hydrogens (tertiary/aromatic N) is 1. The number of hydrogen-bond donors (Lipinski definition) is 1. The number of carboxylic acids is 1. The van der Waals surface area contributed by atoms with Crippen molar-refractivity contribution in [2.24, 2.45) is 11.8 Å². The number of likely N-dealkylation sites (tertiary alicyclic amines) is 1. The second-order valence-corrected chi connectivity index (χ2v) is 5.72. The number of thioether (sulfide) groups is 1. The number of rotatable bonds is 3. The molecule has 2 heterocycles. The van der Waals surface area contributed by atoms with Crippen LogP contribution in [-0.2, 0) is 4.79 Å². The quantitative estimate of drug-likeness (QED) is 0.861. The molecule has 19 heavy (non-hydrogen) atoms. The summed E-state index contributed by atoms with van der Waals surface area (Å²) in [5.41, 5.74) is 0. The molecular weight excluding hydrogens is 266 g/mol. The number of furan rings is 1. The first kappa shape index (κ1) is 14.0. The lowest BCUT2D eigenvalue weighted by atomic mass is 9.90. The Morgan fingerprint density at radius 3 is 2.74 bits per heavy atom. The van der Waals surface area contributed by atoms with E-state index in [2.05, 4.69) is 0 Å². The SMILES string of the molecule is CSc1ccc(C(=O)N2CC(C)CC(C(=O)O)C2)o1. The molecule has 1 fully saturated rings. The molecule has 2 unspecified atom stereocenters. The summed E-state index contributed by atoms with van der Waals surface area (Å²) in [6, 6.07) is 3.39. The maximum absolute atomic E-state index is 12.3. The minimum Gasteiger partial charge on any atom is -0.481 e.